The zero-order valence-electron chi connectivity index (χ0n) is 12.6. The summed E-state index contributed by atoms with van der Waals surface area (Å²) in [4.78, 5) is 2.75. The zero-order valence-corrected chi connectivity index (χ0v) is 12.6. The van der Waals surface area contributed by atoms with Crippen LogP contribution >= 0.6 is 0 Å². The summed E-state index contributed by atoms with van der Waals surface area (Å²) in [6.07, 6.45) is 12.1. The van der Waals surface area contributed by atoms with E-state index in [1.165, 1.54) is 64.5 Å². The van der Waals surface area contributed by atoms with Crippen LogP contribution in [-0.2, 0) is 0 Å². The van der Waals surface area contributed by atoms with Gasteiger partial charge in [-0.3, -0.25) is 4.90 Å². The van der Waals surface area contributed by atoms with E-state index in [9.17, 15) is 5.11 Å². The van der Waals surface area contributed by atoms with Crippen LogP contribution in [0.1, 0.15) is 64.7 Å². The van der Waals surface area contributed by atoms with Gasteiger partial charge in [-0.15, -0.1) is 0 Å². The Balaban J connectivity index is 1.58. The first-order chi connectivity index (χ1) is 9.24. The van der Waals surface area contributed by atoms with Gasteiger partial charge in [0, 0.05) is 12.6 Å². The fourth-order valence-corrected chi connectivity index (χ4v) is 4.93. The highest BCUT2D eigenvalue weighted by Crippen LogP contribution is 2.37. The number of likely N-dealkylation sites (tertiary alicyclic amines) is 1. The molecule has 0 amide bonds. The predicted molar refractivity (Wildman–Crippen MR) is 79.1 cm³/mol. The molecule has 4 atom stereocenters. The summed E-state index contributed by atoms with van der Waals surface area (Å²) >= 11 is 0. The highest BCUT2D eigenvalue weighted by molar-refractivity contribution is 4.90. The molecule has 1 saturated heterocycles. The normalized spacial score (nSPS) is 42.0. The number of hydrogen-bond acceptors (Lipinski definition) is 2. The standard InChI is InChI=1S/C17H31NO/c1-13-8-9-17(19)15(11-13)12-18-10-4-7-16(18)14-5-2-3-6-14/h13-17,19H,2-12H2,1H3. The lowest BCUT2D eigenvalue weighted by atomic mass is 9.80. The van der Waals surface area contributed by atoms with Crippen molar-refractivity contribution in [1.29, 1.82) is 0 Å². The van der Waals surface area contributed by atoms with Gasteiger partial charge in [0.2, 0.25) is 0 Å². The van der Waals surface area contributed by atoms with Gasteiger partial charge >= 0.3 is 0 Å². The zero-order chi connectivity index (χ0) is 13.2. The highest BCUT2D eigenvalue weighted by atomic mass is 16.3. The van der Waals surface area contributed by atoms with Crippen LogP contribution in [0.15, 0.2) is 0 Å². The Hall–Kier alpha value is -0.0800. The summed E-state index contributed by atoms with van der Waals surface area (Å²) in [5, 5.41) is 10.3. The van der Waals surface area contributed by atoms with Gasteiger partial charge in [0.1, 0.15) is 0 Å². The fraction of sp³-hybridized carbons (Fsp3) is 1.00. The largest absolute Gasteiger partial charge is 0.393 e. The number of aliphatic hydroxyl groups excluding tert-OH is 1. The van der Waals surface area contributed by atoms with Gasteiger partial charge in [-0.2, -0.15) is 0 Å². The molecule has 3 aliphatic rings. The second-order valence-electron chi connectivity index (χ2n) is 7.49. The van der Waals surface area contributed by atoms with Crippen molar-refractivity contribution in [2.75, 3.05) is 13.1 Å². The van der Waals surface area contributed by atoms with Crippen LogP contribution in [0.25, 0.3) is 0 Å². The maximum atomic E-state index is 10.3. The summed E-state index contributed by atoms with van der Waals surface area (Å²) in [5.74, 6) is 2.34. The summed E-state index contributed by atoms with van der Waals surface area (Å²) in [6, 6.07) is 0.854. The third-order valence-corrected chi connectivity index (χ3v) is 6.03. The topological polar surface area (TPSA) is 23.5 Å². The Kier molecular flexibility index (Phi) is 4.48. The SMILES string of the molecule is CC1CCC(O)C(CN2CCCC2C2CCCC2)C1. The van der Waals surface area contributed by atoms with Gasteiger partial charge in [0.25, 0.3) is 0 Å². The van der Waals surface area contributed by atoms with Crippen molar-refractivity contribution in [3.05, 3.63) is 0 Å². The van der Waals surface area contributed by atoms with Gasteiger partial charge in [-0.05, 0) is 69.2 Å². The summed E-state index contributed by atoms with van der Waals surface area (Å²) < 4.78 is 0. The molecule has 0 aromatic carbocycles. The number of rotatable bonds is 3. The van der Waals surface area contributed by atoms with Crippen LogP contribution in [0, 0.1) is 17.8 Å². The first kappa shape index (κ1) is 13.9. The first-order valence-electron chi connectivity index (χ1n) is 8.66. The summed E-state index contributed by atoms with van der Waals surface area (Å²) in [5.41, 5.74) is 0. The Morgan fingerprint density at radius 2 is 1.79 bits per heavy atom. The molecule has 19 heavy (non-hydrogen) atoms. The molecule has 2 heteroatoms. The van der Waals surface area contributed by atoms with E-state index < -0.39 is 0 Å². The van der Waals surface area contributed by atoms with Crippen molar-refractivity contribution < 1.29 is 5.11 Å². The van der Waals surface area contributed by atoms with Gasteiger partial charge in [0.15, 0.2) is 0 Å². The number of nitrogens with zero attached hydrogens (tertiary/aromatic N) is 1. The fourth-order valence-electron chi connectivity index (χ4n) is 4.93. The minimum absolute atomic E-state index is 0.0268. The Morgan fingerprint density at radius 1 is 1.00 bits per heavy atom. The molecule has 1 heterocycles. The van der Waals surface area contributed by atoms with Crippen LogP contribution in [-0.4, -0.2) is 35.2 Å². The van der Waals surface area contributed by atoms with Gasteiger partial charge in [-0.25, -0.2) is 0 Å². The molecular weight excluding hydrogens is 234 g/mol. The molecule has 0 aromatic rings. The van der Waals surface area contributed by atoms with E-state index >= 15 is 0 Å². The second-order valence-corrected chi connectivity index (χ2v) is 7.49. The summed E-state index contributed by atoms with van der Waals surface area (Å²) in [7, 11) is 0. The minimum atomic E-state index is -0.0268. The van der Waals surface area contributed by atoms with Crippen LogP contribution in [0.5, 0.6) is 0 Å². The predicted octanol–water partition coefficient (Wildman–Crippen LogP) is 3.44. The van der Waals surface area contributed by atoms with E-state index in [0.717, 1.165) is 24.3 Å². The molecule has 4 unspecified atom stereocenters. The van der Waals surface area contributed by atoms with E-state index in [1.54, 1.807) is 0 Å². The van der Waals surface area contributed by atoms with Crippen LogP contribution in [0.2, 0.25) is 0 Å². The molecule has 2 nitrogen and oxygen atoms in total. The van der Waals surface area contributed by atoms with Crippen molar-refractivity contribution in [3.63, 3.8) is 0 Å². The quantitative estimate of drug-likeness (QED) is 0.845. The smallest absolute Gasteiger partial charge is 0.0580 e. The lowest BCUT2D eigenvalue weighted by Crippen LogP contribution is -2.42. The summed E-state index contributed by atoms with van der Waals surface area (Å²) in [6.45, 7) is 4.82. The average molecular weight is 265 g/mol. The van der Waals surface area contributed by atoms with E-state index in [-0.39, 0.29) is 6.10 Å². The molecule has 0 radical (unpaired) electrons. The molecule has 2 aliphatic carbocycles. The van der Waals surface area contributed by atoms with Gasteiger partial charge in [-0.1, -0.05) is 19.8 Å². The molecule has 2 saturated carbocycles. The monoisotopic (exact) mass is 265 g/mol. The van der Waals surface area contributed by atoms with E-state index in [1.807, 2.05) is 0 Å². The maximum Gasteiger partial charge on any atom is 0.0580 e. The third-order valence-electron chi connectivity index (χ3n) is 6.03. The van der Waals surface area contributed by atoms with Crippen molar-refractivity contribution in [2.45, 2.75) is 76.9 Å². The van der Waals surface area contributed by atoms with Crippen molar-refractivity contribution >= 4 is 0 Å². The average Bonchev–Trinajstić information content (AvgIpc) is 3.03. The van der Waals surface area contributed by atoms with E-state index in [2.05, 4.69) is 11.8 Å². The molecule has 110 valence electrons. The highest BCUT2D eigenvalue weighted by Gasteiger charge is 2.36. The third kappa shape index (κ3) is 3.16. The molecule has 1 N–H and O–H groups in total. The van der Waals surface area contributed by atoms with Gasteiger partial charge < -0.3 is 5.11 Å². The van der Waals surface area contributed by atoms with Crippen molar-refractivity contribution in [1.82, 2.24) is 4.90 Å². The molecule has 0 spiro atoms. The molecule has 0 aromatic heterocycles. The van der Waals surface area contributed by atoms with Crippen LogP contribution in [0.4, 0.5) is 0 Å². The first-order valence-corrected chi connectivity index (χ1v) is 8.66. The van der Waals surface area contributed by atoms with E-state index in [4.69, 9.17) is 0 Å². The lowest BCUT2D eigenvalue weighted by Gasteiger charge is -2.37. The maximum absolute atomic E-state index is 10.3. The lowest BCUT2D eigenvalue weighted by molar-refractivity contribution is 0.0233. The Bertz CT molecular complexity index is 287. The van der Waals surface area contributed by atoms with Crippen LogP contribution < -0.4 is 0 Å². The van der Waals surface area contributed by atoms with Crippen LogP contribution in [0.3, 0.4) is 0 Å². The van der Waals surface area contributed by atoms with E-state index in [0.29, 0.717) is 5.92 Å². The molecule has 3 fully saturated rings. The molecule has 3 rings (SSSR count). The Labute approximate surface area is 118 Å². The van der Waals surface area contributed by atoms with Gasteiger partial charge in [0.05, 0.1) is 6.10 Å². The molecular formula is C17H31NO. The molecule has 1 aliphatic heterocycles. The molecule has 0 bridgehead atoms. The van der Waals surface area contributed by atoms with Crippen molar-refractivity contribution in [2.24, 2.45) is 17.8 Å². The number of hydrogen-bond donors (Lipinski definition) is 1. The second kappa shape index (κ2) is 6.13. The Morgan fingerprint density at radius 3 is 2.58 bits per heavy atom. The van der Waals surface area contributed by atoms with Crippen molar-refractivity contribution in [3.8, 4) is 0 Å². The minimum Gasteiger partial charge on any atom is -0.393 e. The number of aliphatic hydroxyl groups is 1.